The highest BCUT2D eigenvalue weighted by molar-refractivity contribution is 7.92. The number of amides is 1. The van der Waals surface area contributed by atoms with Crippen molar-refractivity contribution >= 4 is 33.2 Å². The van der Waals surface area contributed by atoms with Gasteiger partial charge in [-0.3, -0.25) is 9.10 Å². The Morgan fingerprint density at radius 1 is 1.03 bits per heavy atom. The summed E-state index contributed by atoms with van der Waals surface area (Å²) in [5, 5.41) is 3.18. The topological polar surface area (TPSA) is 75.7 Å². The number of carbonyl (C=O) groups is 1. The van der Waals surface area contributed by atoms with Crippen LogP contribution in [0, 0.1) is 0 Å². The van der Waals surface area contributed by atoms with E-state index < -0.39 is 10.0 Å². The molecule has 0 fully saturated rings. The highest BCUT2D eigenvalue weighted by atomic mass is 35.5. The average Bonchev–Trinajstić information content (AvgIpc) is 3.29. The van der Waals surface area contributed by atoms with Gasteiger partial charge in [0.25, 0.3) is 15.9 Å². The van der Waals surface area contributed by atoms with Crippen molar-refractivity contribution in [2.45, 2.75) is 36.6 Å². The van der Waals surface area contributed by atoms with E-state index in [1.54, 1.807) is 0 Å². The highest BCUT2D eigenvalue weighted by Crippen LogP contribution is 2.35. The quantitative estimate of drug-likeness (QED) is 0.538. The van der Waals surface area contributed by atoms with Gasteiger partial charge in [-0.25, -0.2) is 8.42 Å². The van der Waals surface area contributed by atoms with Crippen molar-refractivity contribution in [3.05, 3.63) is 88.4 Å². The lowest BCUT2D eigenvalue weighted by Crippen LogP contribution is -2.34. The van der Waals surface area contributed by atoms with Crippen LogP contribution < -0.4 is 14.4 Å². The lowest BCUT2D eigenvalue weighted by molar-refractivity contribution is -0.123. The molecule has 0 bridgehead atoms. The molecule has 6 nitrogen and oxygen atoms in total. The fourth-order valence-electron chi connectivity index (χ4n) is 4.73. The standard InChI is InChI=1S/C26H25ClN2O4S/c27-22-16-20(34(31,32)29-15-14-19-7-2-4-11-24(19)29)12-13-25(22)33-17-26(30)28-23-10-5-8-18-6-1-3-9-21(18)23/h1-4,6-7,9,11-13,16,23H,5,8,10,14-15,17H2,(H,28,30)/t23-/m0/s1. The molecule has 1 amide bonds. The summed E-state index contributed by atoms with van der Waals surface area (Å²) < 4.78 is 33.5. The highest BCUT2D eigenvalue weighted by Gasteiger charge is 2.31. The number of carbonyl (C=O) groups excluding carboxylic acids is 1. The van der Waals surface area contributed by atoms with Gasteiger partial charge in [-0.05, 0) is 66.6 Å². The van der Waals surface area contributed by atoms with Gasteiger partial charge in [0.2, 0.25) is 0 Å². The zero-order chi connectivity index (χ0) is 23.7. The maximum absolute atomic E-state index is 13.2. The molecule has 0 aromatic heterocycles. The van der Waals surface area contributed by atoms with Crippen LogP contribution in [0.15, 0.2) is 71.6 Å². The normalized spacial score (nSPS) is 17.1. The summed E-state index contributed by atoms with van der Waals surface area (Å²) in [6, 6.07) is 19.9. The molecule has 176 valence electrons. The first kappa shape index (κ1) is 22.7. The number of hydrogen-bond acceptors (Lipinski definition) is 4. The second-order valence-electron chi connectivity index (χ2n) is 8.55. The van der Waals surface area contributed by atoms with Gasteiger partial charge in [-0.1, -0.05) is 54.1 Å². The van der Waals surface area contributed by atoms with E-state index in [9.17, 15) is 13.2 Å². The van der Waals surface area contributed by atoms with Gasteiger partial charge in [0.15, 0.2) is 6.61 Å². The van der Waals surface area contributed by atoms with Crippen LogP contribution in [0.25, 0.3) is 0 Å². The lowest BCUT2D eigenvalue weighted by Gasteiger charge is -2.26. The molecular formula is C26H25ClN2O4S. The van der Waals surface area contributed by atoms with Crippen LogP contribution in [-0.2, 0) is 27.7 Å². The molecule has 2 aliphatic rings. The van der Waals surface area contributed by atoms with Gasteiger partial charge >= 0.3 is 0 Å². The average molecular weight is 497 g/mol. The summed E-state index contributed by atoms with van der Waals surface area (Å²) in [6.45, 7) is 0.187. The predicted octanol–water partition coefficient (Wildman–Crippen LogP) is 4.66. The van der Waals surface area contributed by atoms with Crippen LogP contribution in [0.3, 0.4) is 0 Å². The van der Waals surface area contributed by atoms with Crippen molar-refractivity contribution in [2.75, 3.05) is 17.5 Å². The van der Waals surface area contributed by atoms with Crippen LogP contribution >= 0.6 is 11.6 Å². The molecule has 34 heavy (non-hydrogen) atoms. The third kappa shape index (κ3) is 4.38. The summed E-state index contributed by atoms with van der Waals surface area (Å²) in [5.74, 6) is 0.0183. The van der Waals surface area contributed by atoms with Gasteiger partial charge < -0.3 is 10.1 Å². The summed E-state index contributed by atoms with van der Waals surface area (Å²) in [6.07, 6.45) is 3.60. The van der Waals surface area contributed by atoms with E-state index in [-0.39, 0.29) is 34.2 Å². The van der Waals surface area contributed by atoms with Crippen LogP contribution in [0.5, 0.6) is 5.75 Å². The van der Waals surface area contributed by atoms with Crippen LogP contribution in [0.2, 0.25) is 5.02 Å². The van der Waals surface area contributed by atoms with Crippen molar-refractivity contribution in [3.8, 4) is 5.75 Å². The predicted molar refractivity (Wildman–Crippen MR) is 132 cm³/mol. The number of para-hydroxylation sites is 1. The zero-order valence-corrected chi connectivity index (χ0v) is 20.1. The third-order valence-electron chi connectivity index (χ3n) is 6.40. The van der Waals surface area contributed by atoms with Gasteiger partial charge in [0.1, 0.15) is 5.75 Å². The number of sulfonamides is 1. The maximum Gasteiger partial charge on any atom is 0.264 e. The van der Waals surface area contributed by atoms with Gasteiger partial charge in [0.05, 0.1) is 21.6 Å². The number of benzene rings is 3. The Kier molecular flexibility index (Phi) is 6.23. The summed E-state index contributed by atoms with van der Waals surface area (Å²) >= 11 is 6.34. The van der Waals surface area contributed by atoms with E-state index in [1.807, 2.05) is 36.4 Å². The number of nitrogens with zero attached hydrogens (tertiary/aromatic N) is 1. The molecular weight excluding hydrogens is 472 g/mol. The fourth-order valence-corrected chi connectivity index (χ4v) is 6.56. The number of ether oxygens (including phenoxy) is 1. The molecule has 1 N–H and O–H groups in total. The number of rotatable bonds is 6. The van der Waals surface area contributed by atoms with Crippen molar-refractivity contribution in [1.82, 2.24) is 5.32 Å². The number of fused-ring (bicyclic) bond motifs is 2. The number of anilines is 1. The molecule has 5 rings (SSSR count). The Morgan fingerprint density at radius 2 is 1.79 bits per heavy atom. The van der Waals surface area contributed by atoms with E-state index in [4.69, 9.17) is 16.3 Å². The maximum atomic E-state index is 13.2. The molecule has 0 radical (unpaired) electrons. The number of halogens is 1. The number of nitrogens with one attached hydrogen (secondary N) is 1. The Morgan fingerprint density at radius 3 is 2.62 bits per heavy atom. The Labute approximate surface area is 204 Å². The molecule has 0 unspecified atom stereocenters. The first-order valence-electron chi connectivity index (χ1n) is 11.3. The summed E-state index contributed by atoms with van der Waals surface area (Å²) in [4.78, 5) is 12.6. The molecule has 0 saturated carbocycles. The molecule has 1 heterocycles. The van der Waals surface area contributed by atoms with Crippen molar-refractivity contribution in [3.63, 3.8) is 0 Å². The van der Waals surface area contributed by atoms with Crippen molar-refractivity contribution in [1.29, 1.82) is 0 Å². The Bertz CT molecular complexity index is 1340. The first-order valence-corrected chi connectivity index (χ1v) is 13.2. The second-order valence-corrected chi connectivity index (χ2v) is 10.8. The van der Waals surface area contributed by atoms with Crippen LogP contribution in [0.4, 0.5) is 5.69 Å². The third-order valence-corrected chi connectivity index (χ3v) is 8.50. The number of hydrogen-bond donors (Lipinski definition) is 1. The molecule has 8 heteroatoms. The van der Waals surface area contributed by atoms with Gasteiger partial charge in [-0.15, -0.1) is 0 Å². The van der Waals surface area contributed by atoms with Gasteiger partial charge in [-0.2, -0.15) is 0 Å². The second kappa shape index (κ2) is 9.31. The largest absolute Gasteiger partial charge is 0.482 e. The van der Waals surface area contributed by atoms with E-state index in [2.05, 4.69) is 17.4 Å². The molecule has 3 aromatic carbocycles. The molecule has 0 spiro atoms. The van der Waals surface area contributed by atoms with Crippen LogP contribution in [-0.4, -0.2) is 27.5 Å². The minimum Gasteiger partial charge on any atom is -0.482 e. The smallest absolute Gasteiger partial charge is 0.264 e. The van der Waals surface area contributed by atoms with E-state index in [0.29, 0.717) is 18.7 Å². The Hall–Kier alpha value is -3.03. The van der Waals surface area contributed by atoms with E-state index >= 15 is 0 Å². The first-order chi connectivity index (χ1) is 16.4. The van der Waals surface area contributed by atoms with Crippen LogP contribution in [0.1, 0.15) is 35.6 Å². The minimum absolute atomic E-state index is 0.0348. The van der Waals surface area contributed by atoms with Gasteiger partial charge in [0, 0.05) is 6.54 Å². The Balaban J connectivity index is 1.25. The van der Waals surface area contributed by atoms with Crippen molar-refractivity contribution in [2.24, 2.45) is 0 Å². The molecule has 1 aliphatic carbocycles. The molecule has 1 atom stereocenters. The minimum atomic E-state index is -3.76. The molecule has 3 aromatic rings. The van der Waals surface area contributed by atoms with Crippen molar-refractivity contribution < 1.29 is 17.9 Å². The molecule has 1 aliphatic heterocycles. The zero-order valence-electron chi connectivity index (χ0n) is 18.5. The van der Waals surface area contributed by atoms with E-state index in [0.717, 1.165) is 30.4 Å². The number of aryl methyl sites for hydroxylation is 1. The monoisotopic (exact) mass is 496 g/mol. The summed E-state index contributed by atoms with van der Waals surface area (Å²) in [7, 11) is -3.76. The summed E-state index contributed by atoms with van der Waals surface area (Å²) in [5.41, 5.74) is 4.11. The van der Waals surface area contributed by atoms with E-state index in [1.165, 1.54) is 28.1 Å². The fraction of sp³-hybridized carbons (Fsp3) is 0.269. The SMILES string of the molecule is O=C(COc1ccc(S(=O)(=O)N2CCc3ccccc32)cc1Cl)N[C@H]1CCCc2ccccc21. The lowest BCUT2D eigenvalue weighted by atomic mass is 9.88. The molecule has 0 saturated heterocycles.